The third-order valence-electron chi connectivity index (χ3n) is 6.18. The first-order valence-electron chi connectivity index (χ1n) is 10.7. The Labute approximate surface area is 184 Å². The van der Waals surface area contributed by atoms with Gasteiger partial charge in [-0.1, -0.05) is 12.1 Å². The molecular weight excluding hydrogens is 406 g/mol. The molecule has 1 saturated heterocycles. The number of anilines is 1. The second-order valence-corrected chi connectivity index (χ2v) is 8.44. The summed E-state index contributed by atoms with van der Waals surface area (Å²) in [6, 6.07) is 11.1. The van der Waals surface area contributed by atoms with Crippen LogP contribution in [-0.2, 0) is 11.3 Å². The molecule has 162 valence electrons. The minimum absolute atomic E-state index is 0.0120. The number of amides is 2. The number of benzene rings is 1. The zero-order valence-electron chi connectivity index (χ0n) is 17.7. The van der Waals surface area contributed by atoms with Crippen molar-refractivity contribution in [2.75, 3.05) is 18.4 Å². The summed E-state index contributed by atoms with van der Waals surface area (Å²) < 4.78 is 1.88. The fourth-order valence-electron chi connectivity index (χ4n) is 4.93. The number of hydrogen-bond donors (Lipinski definition) is 1. The van der Waals surface area contributed by atoms with Gasteiger partial charge in [-0.05, 0) is 36.1 Å². The maximum Gasteiger partial charge on any atom is 0.274 e. The lowest BCUT2D eigenvalue weighted by molar-refractivity contribution is -0.114. The Bertz CT molecular complexity index is 1240. The molecule has 0 spiro atoms. The molecule has 5 rings (SSSR count). The highest BCUT2D eigenvalue weighted by atomic mass is 16.2. The molecule has 1 aromatic carbocycles. The third-order valence-corrected chi connectivity index (χ3v) is 6.18. The van der Waals surface area contributed by atoms with E-state index in [2.05, 4.69) is 15.3 Å². The summed E-state index contributed by atoms with van der Waals surface area (Å²) in [5, 5.41) is 2.77. The van der Waals surface area contributed by atoms with Gasteiger partial charge in [-0.2, -0.15) is 0 Å². The SMILES string of the molecule is CC(=O)Nc1ccc(-c2ccc(=O)n3c2[C@@H]2C[C@@H](CN(C(=O)c4cnccn4)C2)C3)cc1. The second kappa shape index (κ2) is 8.03. The molecule has 1 fully saturated rings. The third kappa shape index (κ3) is 3.68. The number of nitrogens with zero attached hydrogens (tertiary/aromatic N) is 4. The number of rotatable bonds is 3. The maximum atomic E-state index is 13.0. The van der Waals surface area contributed by atoms with Gasteiger partial charge in [-0.25, -0.2) is 4.98 Å². The van der Waals surface area contributed by atoms with Gasteiger partial charge in [0.15, 0.2) is 0 Å². The van der Waals surface area contributed by atoms with Crippen LogP contribution >= 0.6 is 0 Å². The van der Waals surface area contributed by atoms with Gasteiger partial charge in [-0.3, -0.25) is 19.4 Å². The van der Waals surface area contributed by atoms with Crippen LogP contribution in [0.1, 0.15) is 35.4 Å². The van der Waals surface area contributed by atoms with Crippen LogP contribution in [0.15, 0.2) is 59.8 Å². The molecule has 8 nitrogen and oxygen atoms in total. The summed E-state index contributed by atoms with van der Waals surface area (Å²) >= 11 is 0. The molecule has 2 aromatic heterocycles. The highest BCUT2D eigenvalue weighted by molar-refractivity contribution is 5.92. The second-order valence-electron chi connectivity index (χ2n) is 8.44. The Hall–Kier alpha value is -3.81. The topological polar surface area (TPSA) is 97.2 Å². The fraction of sp³-hybridized carbons (Fsp3) is 0.292. The molecule has 2 bridgehead atoms. The first-order chi connectivity index (χ1) is 15.5. The van der Waals surface area contributed by atoms with E-state index in [0.29, 0.717) is 25.3 Å². The van der Waals surface area contributed by atoms with E-state index in [1.54, 1.807) is 12.3 Å². The Kier molecular flexibility index (Phi) is 5.05. The van der Waals surface area contributed by atoms with Gasteiger partial charge in [0.1, 0.15) is 5.69 Å². The van der Waals surface area contributed by atoms with E-state index in [-0.39, 0.29) is 29.2 Å². The zero-order valence-corrected chi connectivity index (χ0v) is 17.7. The van der Waals surface area contributed by atoms with E-state index in [4.69, 9.17) is 0 Å². The first-order valence-corrected chi connectivity index (χ1v) is 10.7. The number of nitrogens with one attached hydrogen (secondary N) is 1. The molecule has 32 heavy (non-hydrogen) atoms. The van der Waals surface area contributed by atoms with Crippen LogP contribution in [0, 0.1) is 5.92 Å². The molecular formula is C24H23N5O3. The minimum atomic E-state index is -0.124. The van der Waals surface area contributed by atoms with Gasteiger partial charge >= 0.3 is 0 Å². The van der Waals surface area contributed by atoms with E-state index in [9.17, 15) is 14.4 Å². The summed E-state index contributed by atoms with van der Waals surface area (Å²) in [6.45, 7) is 3.20. The van der Waals surface area contributed by atoms with Crippen molar-refractivity contribution < 1.29 is 9.59 Å². The highest BCUT2D eigenvalue weighted by Gasteiger charge is 2.38. The fourth-order valence-corrected chi connectivity index (χ4v) is 4.93. The first kappa shape index (κ1) is 20.1. The van der Waals surface area contributed by atoms with Gasteiger partial charge in [0.2, 0.25) is 5.91 Å². The molecule has 1 N–H and O–H groups in total. The number of piperidine rings is 1. The molecule has 0 radical (unpaired) electrons. The van der Waals surface area contributed by atoms with Crippen LogP contribution in [0.4, 0.5) is 5.69 Å². The van der Waals surface area contributed by atoms with Crippen molar-refractivity contribution in [2.24, 2.45) is 5.92 Å². The molecule has 2 aliphatic heterocycles. The number of fused-ring (bicyclic) bond motifs is 4. The predicted octanol–water partition coefficient (Wildman–Crippen LogP) is 2.52. The Morgan fingerprint density at radius 1 is 1.03 bits per heavy atom. The van der Waals surface area contributed by atoms with E-state index >= 15 is 0 Å². The van der Waals surface area contributed by atoms with Crippen LogP contribution in [0.2, 0.25) is 0 Å². The van der Waals surface area contributed by atoms with Crippen molar-refractivity contribution in [1.82, 2.24) is 19.4 Å². The molecule has 4 heterocycles. The standard InChI is InChI=1S/C24H23N5O3/c1-15(30)27-19-4-2-17(3-5-19)20-6-7-22(31)29-13-16-10-18(23(20)29)14-28(12-16)24(32)21-11-25-8-9-26-21/h2-9,11,16,18H,10,12-14H2,1H3,(H,27,30)/t16-,18+/m0/s1. The summed E-state index contributed by atoms with van der Waals surface area (Å²) in [7, 11) is 0. The molecule has 2 aliphatic rings. The highest BCUT2D eigenvalue weighted by Crippen LogP contribution is 2.40. The monoisotopic (exact) mass is 429 g/mol. The van der Waals surface area contributed by atoms with Crippen LogP contribution < -0.4 is 10.9 Å². The van der Waals surface area contributed by atoms with Gasteiger partial charge in [0.05, 0.1) is 6.20 Å². The van der Waals surface area contributed by atoms with E-state index in [0.717, 1.165) is 28.9 Å². The average Bonchev–Trinajstić information content (AvgIpc) is 2.80. The van der Waals surface area contributed by atoms with Crippen LogP contribution in [-0.4, -0.2) is 44.3 Å². The summed E-state index contributed by atoms with van der Waals surface area (Å²) in [5.74, 6) is 0.0299. The van der Waals surface area contributed by atoms with Crippen LogP contribution in [0.25, 0.3) is 11.1 Å². The van der Waals surface area contributed by atoms with Crippen LogP contribution in [0.3, 0.4) is 0 Å². The number of likely N-dealkylation sites (tertiary alicyclic amines) is 1. The molecule has 0 saturated carbocycles. The van der Waals surface area contributed by atoms with Crippen LogP contribution in [0.5, 0.6) is 0 Å². The van der Waals surface area contributed by atoms with Crippen molar-refractivity contribution >= 4 is 17.5 Å². The largest absolute Gasteiger partial charge is 0.336 e. The van der Waals surface area contributed by atoms with Crippen molar-refractivity contribution in [2.45, 2.75) is 25.8 Å². The predicted molar refractivity (Wildman–Crippen MR) is 119 cm³/mol. The van der Waals surface area contributed by atoms with Gasteiger partial charge in [-0.15, -0.1) is 0 Å². The average molecular weight is 429 g/mol. The summed E-state index contributed by atoms with van der Waals surface area (Å²) in [5.41, 5.74) is 3.97. The smallest absolute Gasteiger partial charge is 0.274 e. The van der Waals surface area contributed by atoms with Crippen molar-refractivity contribution in [3.63, 3.8) is 0 Å². The van der Waals surface area contributed by atoms with E-state index < -0.39 is 0 Å². The lowest BCUT2D eigenvalue weighted by Crippen LogP contribution is -2.49. The Morgan fingerprint density at radius 3 is 2.56 bits per heavy atom. The van der Waals surface area contributed by atoms with Crippen molar-refractivity contribution in [3.8, 4) is 11.1 Å². The molecule has 0 unspecified atom stereocenters. The summed E-state index contributed by atoms with van der Waals surface area (Å²) in [6.07, 6.45) is 5.50. The summed E-state index contributed by atoms with van der Waals surface area (Å²) in [4.78, 5) is 47.1. The van der Waals surface area contributed by atoms with E-state index in [1.165, 1.54) is 19.3 Å². The maximum absolute atomic E-state index is 13.0. The number of aromatic nitrogens is 3. The van der Waals surface area contributed by atoms with Gasteiger partial charge < -0.3 is 14.8 Å². The molecule has 2 atom stereocenters. The van der Waals surface area contributed by atoms with Gasteiger partial charge in [0, 0.05) is 67.9 Å². The molecule has 0 aliphatic carbocycles. The normalized spacial score (nSPS) is 19.2. The number of pyridine rings is 1. The van der Waals surface area contributed by atoms with Crippen molar-refractivity contribution in [1.29, 1.82) is 0 Å². The van der Waals surface area contributed by atoms with Gasteiger partial charge in [0.25, 0.3) is 11.5 Å². The number of carbonyl (C=O) groups excluding carboxylic acids is 2. The Morgan fingerprint density at radius 2 is 1.84 bits per heavy atom. The molecule has 8 heteroatoms. The quantitative estimate of drug-likeness (QED) is 0.690. The lowest BCUT2D eigenvalue weighted by atomic mass is 9.80. The Balaban J connectivity index is 1.50. The minimum Gasteiger partial charge on any atom is -0.336 e. The number of carbonyl (C=O) groups is 2. The number of hydrogen-bond acceptors (Lipinski definition) is 5. The lowest BCUT2D eigenvalue weighted by Gasteiger charge is -2.43. The molecule has 3 aromatic rings. The molecule has 2 amide bonds. The zero-order chi connectivity index (χ0) is 22.2. The van der Waals surface area contributed by atoms with Crippen molar-refractivity contribution in [3.05, 3.63) is 76.7 Å². The van der Waals surface area contributed by atoms with E-state index in [1.807, 2.05) is 39.8 Å².